The summed E-state index contributed by atoms with van der Waals surface area (Å²) in [7, 11) is -5.83. The summed E-state index contributed by atoms with van der Waals surface area (Å²) in [6.07, 6.45) is 0. The van der Waals surface area contributed by atoms with Crippen molar-refractivity contribution >= 4 is 55.4 Å². The maximum Gasteiger partial charge on any atom is 0.354 e. The van der Waals surface area contributed by atoms with Gasteiger partial charge in [-0.3, -0.25) is 14.2 Å². The lowest BCUT2D eigenvalue weighted by Gasteiger charge is -2.20. The molecule has 0 aliphatic carbocycles. The van der Waals surface area contributed by atoms with Crippen LogP contribution in [0.25, 0.3) is 0 Å². The number of carbonyl (C=O) groups excluding carboxylic acids is 3. The smallest absolute Gasteiger partial charge is 0.354 e. The molecule has 60 heavy (non-hydrogen) atoms. The number of rotatable bonds is 14. The fourth-order valence-electron chi connectivity index (χ4n) is 6.24. The van der Waals surface area contributed by atoms with E-state index in [0.717, 1.165) is 33.0 Å². The first-order valence-electron chi connectivity index (χ1n) is 19.4. The molecule has 4 aromatic rings. The van der Waals surface area contributed by atoms with Crippen LogP contribution in [0, 0.1) is 0 Å². The molecular weight excluding hydrogens is 815 g/mol. The second-order valence-corrected chi connectivity index (χ2v) is 18.4. The largest absolute Gasteiger partial charge is 0.477 e. The van der Waals surface area contributed by atoms with Gasteiger partial charge < -0.3 is 20.6 Å². The SMILES string of the molecule is CC(C)c1cccc(C(C)C)c1NC(=O)NS(=O)(=O)c1cc(C(=O)O)n(C)n1.CCN(CC)C(=O)c1cc(S(=O)(=O)NC(=O)Nc2c(C(C)C)cccc2C(C)C)nn1C. The van der Waals surface area contributed by atoms with Gasteiger partial charge in [-0.25, -0.2) is 23.8 Å². The van der Waals surface area contributed by atoms with E-state index in [2.05, 4.69) is 20.8 Å². The van der Waals surface area contributed by atoms with E-state index in [1.807, 2.05) is 115 Å². The highest BCUT2D eigenvalue weighted by atomic mass is 32.2. The van der Waals surface area contributed by atoms with Crippen LogP contribution in [0.2, 0.25) is 0 Å². The van der Waals surface area contributed by atoms with Crippen LogP contribution in [0.3, 0.4) is 0 Å². The summed E-state index contributed by atoms with van der Waals surface area (Å²) in [5, 5.41) is 21.0. The number of para-hydroxylation sites is 2. The van der Waals surface area contributed by atoms with Gasteiger partial charge in [0.25, 0.3) is 26.0 Å². The topological polar surface area (TPSA) is 244 Å². The first-order chi connectivity index (χ1) is 27.9. The number of hydrogen-bond donors (Lipinski definition) is 5. The number of aromatic nitrogens is 4. The molecule has 0 aliphatic heterocycles. The molecule has 0 atom stereocenters. The minimum absolute atomic E-state index is 0.111. The molecule has 5 N–H and O–H groups in total. The number of aryl methyl sites for hydroxylation is 2. The van der Waals surface area contributed by atoms with Crippen molar-refractivity contribution in [2.75, 3.05) is 23.7 Å². The van der Waals surface area contributed by atoms with Crippen molar-refractivity contribution in [2.24, 2.45) is 14.1 Å². The molecule has 0 saturated carbocycles. The monoisotopic (exact) mass is 871 g/mol. The predicted octanol–water partition coefficient (Wildman–Crippen LogP) is 6.53. The molecule has 0 radical (unpaired) electrons. The fourth-order valence-corrected chi connectivity index (χ4v) is 8.03. The van der Waals surface area contributed by atoms with Gasteiger partial charge in [-0.15, -0.1) is 0 Å². The van der Waals surface area contributed by atoms with Crippen LogP contribution in [0.4, 0.5) is 21.0 Å². The van der Waals surface area contributed by atoms with Crippen molar-refractivity contribution in [1.29, 1.82) is 0 Å². The molecule has 0 unspecified atom stereocenters. The Morgan fingerprint density at radius 3 is 1.22 bits per heavy atom. The molecule has 0 spiro atoms. The third-order valence-corrected chi connectivity index (χ3v) is 11.8. The van der Waals surface area contributed by atoms with E-state index in [1.165, 1.54) is 24.8 Å². The number of hydrogen-bond acceptors (Lipinski definition) is 10. The van der Waals surface area contributed by atoms with Crippen molar-refractivity contribution in [3.63, 3.8) is 0 Å². The zero-order valence-corrected chi connectivity index (χ0v) is 37.7. The van der Waals surface area contributed by atoms with Crippen molar-refractivity contribution in [3.05, 3.63) is 82.2 Å². The number of carboxylic acids is 1. The highest BCUT2D eigenvalue weighted by Gasteiger charge is 2.28. The molecule has 20 heteroatoms. The number of sulfonamides is 2. The molecule has 18 nitrogen and oxygen atoms in total. The van der Waals surface area contributed by atoms with Gasteiger partial charge in [0.2, 0.25) is 0 Å². The minimum Gasteiger partial charge on any atom is -0.477 e. The number of benzene rings is 2. The van der Waals surface area contributed by atoms with Crippen LogP contribution in [0.15, 0.2) is 58.6 Å². The van der Waals surface area contributed by atoms with Crippen LogP contribution < -0.4 is 20.1 Å². The summed E-state index contributed by atoms with van der Waals surface area (Å²) >= 11 is 0. The quantitative estimate of drug-likeness (QED) is 0.0911. The first-order valence-corrected chi connectivity index (χ1v) is 22.4. The highest BCUT2D eigenvalue weighted by Crippen LogP contribution is 2.33. The van der Waals surface area contributed by atoms with Crippen molar-refractivity contribution in [2.45, 2.75) is 103 Å². The van der Waals surface area contributed by atoms with Crippen molar-refractivity contribution < 1.29 is 41.1 Å². The molecule has 0 aliphatic rings. The summed E-state index contributed by atoms with van der Waals surface area (Å²) in [6, 6.07) is 11.6. The lowest BCUT2D eigenvalue weighted by Crippen LogP contribution is -2.35. The Hall–Kier alpha value is -5.76. The number of anilines is 2. The van der Waals surface area contributed by atoms with Crippen LogP contribution in [0.5, 0.6) is 0 Å². The molecule has 2 aromatic carbocycles. The third-order valence-electron chi connectivity index (χ3n) is 9.43. The van der Waals surface area contributed by atoms with Crippen molar-refractivity contribution in [1.82, 2.24) is 33.9 Å². The molecule has 4 rings (SSSR count). The number of amides is 5. The number of nitrogens with one attached hydrogen (secondary N) is 4. The normalized spacial score (nSPS) is 11.7. The van der Waals surface area contributed by atoms with Crippen LogP contribution in [-0.4, -0.2) is 83.4 Å². The second-order valence-electron chi connectivity index (χ2n) is 15.1. The van der Waals surface area contributed by atoms with Gasteiger partial charge in [0, 0.05) is 50.7 Å². The zero-order chi connectivity index (χ0) is 45.4. The number of nitrogens with zero attached hydrogens (tertiary/aromatic N) is 5. The predicted molar refractivity (Wildman–Crippen MR) is 229 cm³/mol. The van der Waals surface area contributed by atoms with E-state index in [4.69, 9.17) is 5.11 Å². The molecule has 2 heterocycles. The Balaban J connectivity index is 0.000000323. The number of aromatic carboxylic acids is 1. The van der Waals surface area contributed by atoms with Gasteiger partial charge >= 0.3 is 18.0 Å². The molecule has 5 amide bonds. The van der Waals surface area contributed by atoms with Gasteiger partial charge in [0.1, 0.15) is 11.4 Å². The Labute approximate surface area is 352 Å². The second kappa shape index (κ2) is 20.0. The van der Waals surface area contributed by atoms with Gasteiger partial charge in [-0.2, -0.15) is 27.0 Å². The van der Waals surface area contributed by atoms with E-state index >= 15 is 0 Å². The maximum atomic E-state index is 12.8. The average molecular weight is 872 g/mol. The van der Waals surface area contributed by atoms with E-state index in [1.54, 1.807) is 4.90 Å². The van der Waals surface area contributed by atoms with Gasteiger partial charge in [-0.1, -0.05) is 91.8 Å². The highest BCUT2D eigenvalue weighted by molar-refractivity contribution is 7.90. The maximum absolute atomic E-state index is 12.8. The first kappa shape index (κ1) is 48.6. The van der Waals surface area contributed by atoms with Crippen LogP contribution >= 0.6 is 0 Å². The molecule has 0 bridgehead atoms. The Morgan fingerprint density at radius 2 is 0.933 bits per heavy atom. The molecular formula is C40H57N9O9S2. The standard InChI is InChI=1S/C22H33N5O4S.C18H24N4O5S/c1-8-27(9-2)21(28)18-13-19(24-26(18)7)32(30,31)25-22(29)23-20-16(14(3)4)11-10-12-17(20)15(5)6;1-10(2)12-7-6-8-13(11(3)4)16(12)19-18(25)21-28(26,27)15-9-14(17(23)24)22(5)20-15/h10-15H,8-9H2,1-7H3,(H2,23,25,29);6-11H,1-5H3,(H,23,24)(H2,19,21,25). The summed E-state index contributed by atoms with van der Waals surface area (Å²) < 4.78 is 56.4. The molecule has 0 fully saturated rings. The van der Waals surface area contributed by atoms with Gasteiger partial charge in [0.15, 0.2) is 10.1 Å². The molecule has 0 saturated heterocycles. The summed E-state index contributed by atoms with van der Waals surface area (Å²) in [6.45, 7) is 20.5. The van der Waals surface area contributed by atoms with Crippen molar-refractivity contribution in [3.8, 4) is 0 Å². The molecule has 328 valence electrons. The molecule has 2 aromatic heterocycles. The Kier molecular flexibility index (Phi) is 16.2. The van der Waals surface area contributed by atoms with Gasteiger partial charge in [0.05, 0.1) is 0 Å². The van der Waals surface area contributed by atoms with Crippen LogP contribution in [-0.2, 0) is 34.1 Å². The summed E-state index contributed by atoms with van der Waals surface area (Å²) in [5.74, 6) is -1.18. The minimum atomic E-state index is -4.34. The zero-order valence-electron chi connectivity index (χ0n) is 36.1. The lowest BCUT2D eigenvalue weighted by atomic mass is 9.93. The number of urea groups is 2. The fraction of sp³-hybridized carbons (Fsp3) is 0.450. The third kappa shape index (κ3) is 11.7. The number of carbonyl (C=O) groups is 4. The van der Waals surface area contributed by atoms with E-state index in [0.29, 0.717) is 24.5 Å². The summed E-state index contributed by atoms with van der Waals surface area (Å²) in [4.78, 5) is 50.3. The Morgan fingerprint density at radius 1 is 0.617 bits per heavy atom. The van der Waals surface area contributed by atoms with E-state index in [9.17, 15) is 36.0 Å². The Bertz CT molecular complexity index is 2380. The van der Waals surface area contributed by atoms with E-state index in [-0.39, 0.29) is 41.0 Å². The lowest BCUT2D eigenvalue weighted by molar-refractivity contribution is 0.0683. The van der Waals surface area contributed by atoms with Crippen LogP contribution in [0.1, 0.15) is 136 Å². The number of carboxylic acid groups (broad SMARTS) is 1. The average Bonchev–Trinajstić information content (AvgIpc) is 3.75. The van der Waals surface area contributed by atoms with E-state index < -0.39 is 48.1 Å². The van der Waals surface area contributed by atoms with Gasteiger partial charge in [-0.05, 0) is 59.8 Å². The summed E-state index contributed by atoms with van der Waals surface area (Å²) in [5.41, 5.74) is 4.56.